The second kappa shape index (κ2) is 11.8. The number of nitrogens with two attached hydrogens (primary N) is 1. The van der Waals surface area contributed by atoms with Crippen molar-refractivity contribution in [3.05, 3.63) is 37.2 Å². The fraction of sp³-hybridized carbons (Fsp3) is 0.455. The lowest BCUT2D eigenvalue weighted by Crippen LogP contribution is -2.37. The normalized spacial score (nSPS) is 12.1. The minimum Gasteiger partial charge on any atom is -0.405 e. The second-order valence-electron chi connectivity index (χ2n) is 2.76. The van der Waals surface area contributed by atoms with Crippen LogP contribution in [0.1, 0.15) is 27.2 Å². The van der Waals surface area contributed by atoms with Crippen LogP contribution in [0, 0.1) is 0 Å². The highest BCUT2D eigenvalue weighted by atomic mass is 15.4. The van der Waals surface area contributed by atoms with E-state index in [2.05, 4.69) is 43.6 Å². The minimum absolute atomic E-state index is 0.491. The van der Waals surface area contributed by atoms with Crippen molar-refractivity contribution in [1.29, 1.82) is 0 Å². The molecule has 3 nitrogen and oxygen atoms in total. The fourth-order valence-corrected chi connectivity index (χ4v) is 0.550. The van der Waals surface area contributed by atoms with Gasteiger partial charge in [-0.25, -0.2) is 5.43 Å². The topological polar surface area (TPSA) is 50.1 Å². The molecule has 4 N–H and O–H groups in total. The number of hydrazine groups is 1. The number of nitrogens with one attached hydrogen (secondary N) is 2. The van der Waals surface area contributed by atoms with Crippen molar-refractivity contribution in [2.24, 2.45) is 5.73 Å². The Morgan fingerprint density at radius 1 is 1.50 bits per heavy atom. The Labute approximate surface area is 87.7 Å². The van der Waals surface area contributed by atoms with Gasteiger partial charge in [0.1, 0.15) is 0 Å². The summed E-state index contributed by atoms with van der Waals surface area (Å²) in [6.07, 6.45) is 6.12. The van der Waals surface area contributed by atoms with Crippen LogP contribution < -0.4 is 16.6 Å². The van der Waals surface area contributed by atoms with E-state index in [1.54, 1.807) is 6.08 Å². The zero-order valence-electron chi connectivity index (χ0n) is 9.51. The summed E-state index contributed by atoms with van der Waals surface area (Å²) in [7, 11) is 0. The third-order valence-corrected chi connectivity index (χ3v) is 1.61. The van der Waals surface area contributed by atoms with Crippen molar-refractivity contribution in [3.8, 4) is 0 Å². The van der Waals surface area contributed by atoms with Gasteiger partial charge >= 0.3 is 0 Å². The van der Waals surface area contributed by atoms with Gasteiger partial charge in [-0.15, -0.1) is 0 Å². The molecule has 0 rings (SSSR count). The van der Waals surface area contributed by atoms with Crippen molar-refractivity contribution in [3.63, 3.8) is 0 Å². The SMILES string of the molecule is C=C/C(=C\C)NNC(C)CC.C=CN. The third-order valence-electron chi connectivity index (χ3n) is 1.61. The van der Waals surface area contributed by atoms with Gasteiger partial charge in [0.25, 0.3) is 0 Å². The van der Waals surface area contributed by atoms with Crippen molar-refractivity contribution < 1.29 is 0 Å². The van der Waals surface area contributed by atoms with E-state index in [9.17, 15) is 0 Å². The molecule has 1 unspecified atom stereocenters. The van der Waals surface area contributed by atoms with E-state index < -0.39 is 0 Å². The van der Waals surface area contributed by atoms with E-state index in [-0.39, 0.29) is 0 Å². The summed E-state index contributed by atoms with van der Waals surface area (Å²) in [6, 6.07) is 0.491. The first-order valence-corrected chi connectivity index (χ1v) is 4.79. The highest BCUT2D eigenvalue weighted by molar-refractivity contribution is 5.11. The Morgan fingerprint density at radius 2 is 2.00 bits per heavy atom. The van der Waals surface area contributed by atoms with Gasteiger partial charge < -0.3 is 11.2 Å². The molecule has 0 aromatic carbocycles. The molecule has 0 saturated carbocycles. The van der Waals surface area contributed by atoms with Crippen molar-refractivity contribution in [2.45, 2.75) is 33.2 Å². The zero-order valence-corrected chi connectivity index (χ0v) is 9.51. The van der Waals surface area contributed by atoms with E-state index >= 15 is 0 Å². The molecule has 0 heterocycles. The minimum atomic E-state index is 0.491. The van der Waals surface area contributed by atoms with E-state index in [0.717, 1.165) is 12.1 Å². The quantitative estimate of drug-likeness (QED) is 0.467. The van der Waals surface area contributed by atoms with Crippen LogP contribution in [-0.2, 0) is 0 Å². The second-order valence-corrected chi connectivity index (χ2v) is 2.76. The van der Waals surface area contributed by atoms with E-state index in [4.69, 9.17) is 0 Å². The average molecular weight is 197 g/mol. The van der Waals surface area contributed by atoms with Crippen molar-refractivity contribution in [1.82, 2.24) is 10.9 Å². The van der Waals surface area contributed by atoms with Crippen LogP contribution >= 0.6 is 0 Å². The summed E-state index contributed by atoms with van der Waals surface area (Å²) >= 11 is 0. The smallest absolute Gasteiger partial charge is 0.0439 e. The summed E-state index contributed by atoms with van der Waals surface area (Å²) in [5.41, 5.74) is 11.8. The van der Waals surface area contributed by atoms with Gasteiger partial charge in [-0.3, -0.25) is 0 Å². The first kappa shape index (κ1) is 15.3. The predicted molar refractivity (Wildman–Crippen MR) is 64.4 cm³/mol. The molecule has 0 bridgehead atoms. The van der Waals surface area contributed by atoms with Crippen LogP contribution in [0.15, 0.2) is 37.2 Å². The maximum Gasteiger partial charge on any atom is 0.0439 e. The van der Waals surface area contributed by atoms with Crippen molar-refractivity contribution >= 4 is 0 Å². The lowest BCUT2D eigenvalue weighted by Gasteiger charge is -2.13. The van der Waals surface area contributed by atoms with Gasteiger partial charge in [-0.1, -0.05) is 26.2 Å². The van der Waals surface area contributed by atoms with Crippen LogP contribution in [-0.4, -0.2) is 6.04 Å². The molecule has 3 heteroatoms. The average Bonchev–Trinajstić information content (AvgIpc) is 2.20. The predicted octanol–water partition coefficient (Wildman–Crippen LogP) is 2.06. The monoisotopic (exact) mass is 197 g/mol. The maximum atomic E-state index is 4.61. The number of hydrogen-bond donors (Lipinski definition) is 3. The first-order valence-electron chi connectivity index (χ1n) is 4.79. The molecule has 0 radical (unpaired) electrons. The number of allylic oxidation sites excluding steroid dienone is 2. The molecule has 82 valence electrons. The summed E-state index contributed by atoms with van der Waals surface area (Å²) in [5.74, 6) is 0. The van der Waals surface area contributed by atoms with Gasteiger partial charge in [0.05, 0.1) is 0 Å². The zero-order chi connectivity index (χ0) is 11.4. The molecular weight excluding hydrogens is 174 g/mol. The standard InChI is InChI=1S/C9H18N2.C2H5N/c1-5-8(4)10-11-9(6-2)7-3;1-2-3/h6-8,10-11H,2,5H2,1,3-4H3;2H,1,3H2/b9-7+;. The van der Waals surface area contributed by atoms with Gasteiger partial charge in [-0.05, 0) is 32.5 Å². The van der Waals surface area contributed by atoms with Crippen LogP contribution in [0.25, 0.3) is 0 Å². The molecule has 0 aliphatic heterocycles. The largest absolute Gasteiger partial charge is 0.405 e. The van der Waals surface area contributed by atoms with Gasteiger partial charge in [0.2, 0.25) is 0 Å². The lowest BCUT2D eigenvalue weighted by atomic mass is 10.3. The van der Waals surface area contributed by atoms with Gasteiger partial charge in [-0.2, -0.15) is 0 Å². The van der Waals surface area contributed by atoms with Crippen LogP contribution in [0.2, 0.25) is 0 Å². The Kier molecular flexibility index (Phi) is 12.8. The maximum absolute atomic E-state index is 4.61. The summed E-state index contributed by atoms with van der Waals surface area (Å²) in [5, 5.41) is 0. The third kappa shape index (κ3) is 10.8. The molecule has 1 atom stereocenters. The summed E-state index contributed by atoms with van der Waals surface area (Å²) in [4.78, 5) is 0. The van der Waals surface area contributed by atoms with E-state index in [1.807, 2.05) is 13.0 Å². The summed E-state index contributed by atoms with van der Waals surface area (Å²) in [6.45, 7) is 13.0. The fourth-order valence-electron chi connectivity index (χ4n) is 0.550. The number of hydrogen-bond acceptors (Lipinski definition) is 3. The molecule has 0 saturated heterocycles. The molecule has 0 aliphatic rings. The Balaban J connectivity index is 0. The molecule has 0 fully saturated rings. The van der Waals surface area contributed by atoms with Crippen LogP contribution in [0.3, 0.4) is 0 Å². The number of rotatable bonds is 5. The van der Waals surface area contributed by atoms with E-state index in [1.165, 1.54) is 6.20 Å². The molecule has 0 spiro atoms. The Morgan fingerprint density at radius 3 is 2.29 bits per heavy atom. The van der Waals surface area contributed by atoms with Crippen LogP contribution in [0.5, 0.6) is 0 Å². The Hall–Kier alpha value is -1.22. The summed E-state index contributed by atoms with van der Waals surface area (Å²) < 4.78 is 0. The molecule has 0 aromatic heterocycles. The molecule has 0 aromatic rings. The highest BCUT2D eigenvalue weighted by Gasteiger charge is 1.94. The van der Waals surface area contributed by atoms with Gasteiger partial charge in [0.15, 0.2) is 0 Å². The van der Waals surface area contributed by atoms with Crippen molar-refractivity contribution in [2.75, 3.05) is 0 Å². The van der Waals surface area contributed by atoms with Crippen LogP contribution in [0.4, 0.5) is 0 Å². The lowest BCUT2D eigenvalue weighted by molar-refractivity contribution is 0.485. The van der Waals surface area contributed by atoms with E-state index in [0.29, 0.717) is 6.04 Å². The highest BCUT2D eigenvalue weighted by Crippen LogP contribution is 1.89. The molecular formula is C11H23N3. The Bertz CT molecular complexity index is 173. The molecule has 0 aliphatic carbocycles. The molecule has 0 amide bonds. The molecule has 14 heavy (non-hydrogen) atoms. The van der Waals surface area contributed by atoms with Gasteiger partial charge in [0, 0.05) is 11.7 Å². The first-order chi connectivity index (χ1) is 6.65.